The molecule has 1 atom stereocenters. The minimum absolute atomic E-state index is 0.210. The third kappa shape index (κ3) is 5.68. The normalized spacial score (nSPS) is 16.7. The molecule has 2 heterocycles. The predicted octanol–water partition coefficient (Wildman–Crippen LogP) is 3.79. The molecule has 0 saturated carbocycles. The molecule has 3 rings (SSSR count). The zero-order chi connectivity index (χ0) is 19.2. The molecule has 1 N–H and O–H groups in total. The molecule has 6 nitrogen and oxygen atoms in total. The molecule has 1 saturated heterocycles. The summed E-state index contributed by atoms with van der Waals surface area (Å²) < 4.78 is 10.8. The number of carbonyl (C=O) groups excluding carboxylic acids is 1. The molecular formula is C20H27N3O3S. The van der Waals surface area contributed by atoms with Crippen LogP contribution in [0, 0.1) is 5.92 Å². The zero-order valence-corrected chi connectivity index (χ0v) is 16.9. The molecule has 1 aromatic heterocycles. The van der Waals surface area contributed by atoms with E-state index in [9.17, 15) is 4.79 Å². The van der Waals surface area contributed by atoms with Gasteiger partial charge in [0.15, 0.2) is 11.2 Å². The number of aromatic nitrogens is 1. The molecule has 146 valence electrons. The van der Waals surface area contributed by atoms with Crippen LogP contribution in [0.2, 0.25) is 0 Å². The highest BCUT2D eigenvalue weighted by Gasteiger charge is 2.19. The van der Waals surface area contributed by atoms with E-state index in [2.05, 4.69) is 22.1 Å². The molecule has 0 bridgehead atoms. The van der Waals surface area contributed by atoms with Gasteiger partial charge in [0.2, 0.25) is 0 Å². The molecule has 0 aliphatic carbocycles. The lowest BCUT2D eigenvalue weighted by Crippen LogP contribution is -2.32. The molecular weight excluding hydrogens is 362 g/mol. The summed E-state index contributed by atoms with van der Waals surface area (Å²) in [6, 6.07) is 7.16. The van der Waals surface area contributed by atoms with E-state index < -0.39 is 6.10 Å². The van der Waals surface area contributed by atoms with Gasteiger partial charge in [-0.3, -0.25) is 15.0 Å². The molecule has 2 aromatic rings. The third-order valence-corrected chi connectivity index (χ3v) is 5.59. The van der Waals surface area contributed by atoms with Gasteiger partial charge in [0.25, 0.3) is 5.91 Å². The quantitative estimate of drug-likeness (QED) is 0.781. The summed E-state index contributed by atoms with van der Waals surface area (Å²) in [7, 11) is 1.61. The minimum atomic E-state index is -0.616. The first-order chi connectivity index (χ1) is 13.0. The van der Waals surface area contributed by atoms with E-state index in [0.717, 1.165) is 37.0 Å². The highest BCUT2D eigenvalue weighted by Crippen LogP contribution is 2.22. The predicted molar refractivity (Wildman–Crippen MR) is 108 cm³/mol. The molecule has 0 radical (unpaired) electrons. The Hall–Kier alpha value is -2.12. The summed E-state index contributed by atoms with van der Waals surface area (Å²) >= 11 is 1.45. The first-order valence-corrected chi connectivity index (χ1v) is 10.2. The second-order valence-electron chi connectivity index (χ2n) is 7.03. The van der Waals surface area contributed by atoms with Crippen molar-refractivity contribution in [2.45, 2.75) is 39.3 Å². The lowest BCUT2D eigenvalue weighted by Gasteiger charge is -2.29. The van der Waals surface area contributed by atoms with Crippen molar-refractivity contribution in [3.05, 3.63) is 35.3 Å². The Labute approximate surface area is 164 Å². The number of piperidine rings is 1. The molecule has 1 amide bonds. The second kappa shape index (κ2) is 9.19. The van der Waals surface area contributed by atoms with Crippen molar-refractivity contribution in [1.29, 1.82) is 0 Å². The fourth-order valence-corrected chi connectivity index (χ4v) is 3.71. The first kappa shape index (κ1) is 19.6. The highest BCUT2D eigenvalue weighted by atomic mass is 32.1. The molecule has 1 aromatic carbocycles. The number of carbonyl (C=O) groups is 1. The molecule has 1 aliphatic heterocycles. The van der Waals surface area contributed by atoms with E-state index in [-0.39, 0.29) is 5.91 Å². The number of ether oxygens (including phenoxy) is 2. The van der Waals surface area contributed by atoms with Crippen LogP contribution in [0.15, 0.2) is 29.6 Å². The molecule has 27 heavy (non-hydrogen) atoms. The summed E-state index contributed by atoms with van der Waals surface area (Å²) in [5.74, 6) is 1.98. The van der Waals surface area contributed by atoms with Crippen LogP contribution in [-0.2, 0) is 11.3 Å². The number of hydrogen-bond donors (Lipinski definition) is 1. The summed E-state index contributed by atoms with van der Waals surface area (Å²) in [5.41, 5.74) is 1.01. The number of amides is 1. The van der Waals surface area contributed by atoms with Crippen LogP contribution in [-0.4, -0.2) is 42.1 Å². The van der Waals surface area contributed by atoms with Crippen LogP contribution >= 0.6 is 11.3 Å². The highest BCUT2D eigenvalue weighted by molar-refractivity contribution is 7.13. The van der Waals surface area contributed by atoms with Crippen molar-refractivity contribution in [3.63, 3.8) is 0 Å². The van der Waals surface area contributed by atoms with Crippen LogP contribution in [0.4, 0.5) is 5.13 Å². The third-order valence-electron chi connectivity index (χ3n) is 4.79. The zero-order valence-electron chi connectivity index (χ0n) is 16.1. The number of likely N-dealkylation sites (tertiary alicyclic amines) is 1. The van der Waals surface area contributed by atoms with E-state index >= 15 is 0 Å². The standard InChI is InChI=1S/C20H27N3O3S/c1-14-8-10-23(11-9-14)12-16-13-27-20(21-16)22-19(24)15(2)26-18-6-4-17(25-3)5-7-18/h4-7,13-15H,8-12H2,1-3H3,(H,21,22,24). The van der Waals surface area contributed by atoms with Crippen LogP contribution in [0.3, 0.4) is 0 Å². The lowest BCUT2D eigenvalue weighted by atomic mass is 9.99. The van der Waals surface area contributed by atoms with E-state index in [0.29, 0.717) is 10.9 Å². The van der Waals surface area contributed by atoms with Gasteiger partial charge in [-0.05, 0) is 63.0 Å². The summed E-state index contributed by atoms with van der Waals surface area (Å²) in [6.07, 6.45) is 1.87. The second-order valence-corrected chi connectivity index (χ2v) is 7.89. The van der Waals surface area contributed by atoms with E-state index in [1.165, 1.54) is 24.2 Å². The average Bonchev–Trinajstić information content (AvgIpc) is 3.11. The Morgan fingerprint density at radius 3 is 2.63 bits per heavy atom. The maximum Gasteiger partial charge on any atom is 0.266 e. The van der Waals surface area contributed by atoms with Crippen LogP contribution in [0.5, 0.6) is 11.5 Å². The number of nitrogens with one attached hydrogen (secondary N) is 1. The van der Waals surface area contributed by atoms with Gasteiger partial charge in [0, 0.05) is 11.9 Å². The van der Waals surface area contributed by atoms with Crippen molar-refractivity contribution in [2.75, 3.05) is 25.5 Å². The number of benzene rings is 1. The Kier molecular flexibility index (Phi) is 6.68. The largest absolute Gasteiger partial charge is 0.497 e. The van der Waals surface area contributed by atoms with Gasteiger partial charge in [-0.2, -0.15) is 0 Å². The van der Waals surface area contributed by atoms with Gasteiger partial charge in [-0.1, -0.05) is 6.92 Å². The summed E-state index contributed by atoms with van der Waals surface area (Å²) in [5, 5.41) is 5.48. The first-order valence-electron chi connectivity index (χ1n) is 9.32. The van der Waals surface area contributed by atoms with Crippen molar-refractivity contribution in [3.8, 4) is 11.5 Å². The molecule has 1 fully saturated rings. The number of anilines is 1. The number of methoxy groups -OCH3 is 1. The Morgan fingerprint density at radius 2 is 1.96 bits per heavy atom. The van der Waals surface area contributed by atoms with Crippen LogP contribution < -0.4 is 14.8 Å². The monoisotopic (exact) mass is 389 g/mol. The summed E-state index contributed by atoms with van der Waals surface area (Å²) in [6.45, 7) is 7.11. The maximum absolute atomic E-state index is 12.4. The average molecular weight is 390 g/mol. The van der Waals surface area contributed by atoms with Gasteiger partial charge < -0.3 is 9.47 Å². The van der Waals surface area contributed by atoms with Crippen molar-refractivity contribution in [2.24, 2.45) is 5.92 Å². The van der Waals surface area contributed by atoms with Crippen molar-refractivity contribution < 1.29 is 14.3 Å². The van der Waals surface area contributed by atoms with Gasteiger partial charge in [0.05, 0.1) is 12.8 Å². The Morgan fingerprint density at radius 1 is 1.30 bits per heavy atom. The molecule has 7 heteroatoms. The number of rotatable bonds is 7. The van der Waals surface area contributed by atoms with E-state index in [1.807, 2.05) is 5.38 Å². The van der Waals surface area contributed by atoms with E-state index in [4.69, 9.17) is 9.47 Å². The van der Waals surface area contributed by atoms with Gasteiger partial charge in [-0.15, -0.1) is 11.3 Å². The molecule has 0 spiro atoms. The summed E-state index contributed by atoms with van der Waals surface area (Å²) in [4.78, 5) is 19.3. The SMILES string of the molecule is COc1ccc(OC(C)C(=O)Nc2nc(CN3CCC(C)CC3)cs2)cc1. The Bertz CT molecular complexity index is 739. The number of thiazole rings is 1. The van der Waals surface area contributed by atoms with Crippen LogP contribution in [0.1, 0.15) is 32.4 Å². The van der Waals surface area contributed by atoms with Crippen LogP contribution in [0.25, 0.3) is 0 Å². The number of nitrogens with zero attached hydrogens (tertiary/aromatic N) is 2. The fourth-order valence-electron chi connectivity index (χ4n) is 3.01. The topological polar surface area (TPSA) is 63.7 Å². The van der Waals surface area contributed by atoms with Gasteiger partial charge >= 0.3 is 0 Å². The smallest absolute Gasteiger partial charge is 0.266 e. The van der Waals surface area contributed by atoms with Gasteiger partial charge in [0.1, 0.15) is 11.5 Å². The maximum atomic E-state index is 12.4. The molecule has 1 unspecified atom stereocenters. The minimum Gasteiger partial charge on any atom is -0.497 e. The van der Waals surface area contributed by atoms with Crippen molar-refractivity contribution in [1.82, 2.24) is 9.88 Å². The van der Waals surface area contributed by atoms with E-state index in [1.54, 1.807) is 38.3 Å². The lowest BCUT2D eigenvalue weighted by molar-refractivity contribution is -0.122. The fraction of sp³-hybridized carbons (Fsp3) is 0.500. The van der Waals surface area contributed by atoms with Crippen molar-refractivity contribution >= 4 is 22.4 Å². The van der Waals surface area contributed by atoms with Gasteiger partial charge in [-0.25, -0.2) is 4.98 Å². The molecule has 1 aliphatic rings. The Balaban J connectivity index is 1.49. The number of hydrogen-bond acceptors (Lipinski definition) is 6.